The number of aromatic nitrogens is 2. The van der Waals surface area contributed by atoms with E-state index in [1.165, 1.54) is 31.3 Å². The second-order valence-corrected chi connectivity index (χ2v) is 5.05. The van der Waals surface area contributed by atoms with Crippen LogP contribution in [0.15, 0.2) is 36.6 Å². The lowest BCUT2D eigenvalue weighted by molar-refractivity contribution is 0.0953. The molecule has 112 valence electrons. The standard InChI is InChI=1S/C16H22N4O/c1-2-10-17-15(21)14-9-12-19-16(20-14)18-11-8-13-6-4-3-5-7-13/h2,6,9,12H,1,3-5,7-8,10-11H2,(H,17,21)(H,18,19,20). The number of hydrogen-bond donors (Lipinski definition) is 2. The lowest BCUT2D eigenvalue weighted by Crippen LogP contribution is -2.24. The van der Waals surface area contributed by atoms with Gasteiger partial charge in [0, 0.05) is 19.3 Å². The van der Waals surface area contributed by atoms with Gasteiger partial charge in [0.2, 0.25) is 5.95 Å². The van der Waals surface area contributed by atoms with Crippen molar-refractivity contribution < 1.29 is 4.79 Å². The Kier molecular flexibility index (Phi) is 5.94. The Morgan fingerprint density at radius 3 is 3.10 bits per heavy atom. The second kappa shape index (κ2) is 8.19. The van der Waals surface area contributed by atoms with E-state index in [1.807, 2.05) is 0 Å². The molecule has 0 unspecified atom stereocenters. The molecule has 1 amide bonds. The first-order valence-electron chi connectivity index (χ1n) is 7.43. The van der Waals surface area contributed by atoms with Gasteiger partial charge in [0.25, 0.3) is 5.91 Å². The number of nitrogens with one attached hydrogen (secondary N) is 2. The van der Waals surface area contributed by atoms with Gasteiger partial charge in [-0.2, -0.15) is 0 Å². The van der Waals surface area contributed by atoms with Crippen LogP contribution in [0.2, 0.25) is 0 Å². The summed E-state index contributed by atoms with van der Waals surface area (Å²) >= 11 is 0. The topological polar surface area (TPSA) is 66.9 Å². The number of hydrogen-bond acceptors (Lipinski definition) is 4. The van der Waals surface area contributed by atoms with Crippen LogP contribution < -0.4 is 10.6 Å². The summed E-state index contributed by atoms with van der Waals surface area (Å²) < 4.78 is 0. The maximum atomic E-state index is 11.8. The van der Waals surface area contributed by atoms with E-state index in [1.54, 1.807) is 18.3 Å². The molecule has 2 rings (SSSR count). The molecule has 2 N–H and O–H groups in total. The zero-order valence-corrected chi connectivity index (χ0v) is 12.3. The predicted molar refractivity (Wildman–Crippen MR) is 84.2 cm³/mol. The summed E-state index contributed by atoms with van der Waals surface area (Å²) in [7, 11) is 0. The van der Waals surface area contributed by atoms with Gasteiger partial charge in [0.05, 0.1) is 0 Å². The molecular weight excluding hydrogens is 264 g/mol. The maximum absolute atomic E-state index is 11.8. The van der Waals surface area contributed by atoms with E-state index in [2.05, 4.69) is 33.3 Å². The van der Waals surface area contributed by atoms with Crippen LogP contribution in [-0.4, -0.2) is 29.0 Å². The van der Waals surface area contributed by atoms with Crippen molar-refractivity contribution in [3.63, 3.8) is 0 Å². The summed E-state index contributed by atoms with van der Waals surface area (Å²) in [4.78, 5) is 20.2. The van der Waals surface area contributed by atoms with Gasteiger partial charge >= 0.3 is 0 Å². The molecule has 1 aliphatic carbocycles. The van der Waals surface area contributed by atoms with E-state index in [0.717, 1.165) is 13.0 Å². The molecule has 1 aromatic rings. The molecule has 0 bridgehead atoms. The van der Waals surface area contributed by atoms with Crippen molar-refractivity contribution in [2.24, 2.45) is 0 Å². The SMILES string of the molecule is C=CCNC(=O)c1ccnc(NCCC2=CCCCC2)n1. The fourth-order valence-corrected chi connectivity index (χ4v) is 2.29. The normalized spacial score (nSPS) is 14.2. The van der Waals surface area contributed by atoms with E-state index in [9.17, 15) is 4.79 Å². The van der Waals surface area contributed by atoms with Gasteiger partial charge in [0.15, 0.2) is 0 Å². The Morgan fingerprint density at radius 1 is 1.43 bits per heavy atom. The van der Waals surface area contributed by atoms with E-state index in [0.29, 0.717) is 18.2 Å². The third kappa shape index (κ3) is 5.02. The molecule has 5 nitrogen and oxygen atoms in total. The van der Waals surface area contributed by atoms with Crippen LogP contribution in [0.1, 0.15) is 42.6 Å². The first-order chi connectivity index (χ1) is 10.3. The molecule has 0 aliphatic heterocycles. The van der Waals surface area contributed by atoms with Crippen LogP contribution in [0.5, 0.6) is 0 Å². The molecule has 0 aromatic carbocycles. The maximum Gasteiger partial charge on any atom is 0.270 e. The Bertz CT molecular complexity index is 525. The van der Waals surface area contributed by atoms with Gasteiger partial charge in [-0.3, -0.25) is 4.79 Å². The minimum absolute atomic E-state index is 0.213. The highest BCUT2D eigenvalue weighted by molar-refractivity contribution is 5.92. The first-order valence-corrected chi connectivity index (χ1v) is 7.43. The fraction of sp³-hybridized carbons (Fsp3) is 0.438. The molecule has 0 spiro atoms. The molecular formula is C16H22N4O. The number of carbonyl (C=O) groups is 1. The number of carbonyl (C=O) groups excluding carboxylic acids is 1. The Balaban J connectivity index is 1.84. The molecule has 1 heterocycles. The van der Waals surface area contributed by atoms with Crippen LogP contribution in [0.4, 0.5) is 5.95 Å². The van der Waals surface area contributed by atoms with Crippen LogP contribution in [0.25, 0.3) is 0 Å². The molecule has 0 atom stereocenters. The Hall–Kier alpha value is -2.17. The zero-order valence-electron chi connectivity index (χ0n) is 12.3. The minimum atomic E-state index is -0.213. The molecule has 5 heteroatoms. The van der Waals surface area contributed by atoms with E-state index >= 15 is 0 Å². The molecule has 1 aliphatic rings. The third-order valence-corrected chi connectivity index (χ3v) is 3.41. The van der Waals surface area contributed by atoms with Crippen LogP contribution in [0.3, 0.4) is 0 Å². The average Bonchev–Trinajstić information content (AvgIpc) is 2.54. The van der Waals surface area contributed by atoms with Gasteiger partial charge in [-0.25, -0.2) is 9.97 Å². The van der Waals surface area contributed by atoms with Gasteiger partial charge in [-0.1, -0.05) is 17.7 Å². The van der Waals surface area contributed by atoms with Crippen molar-refractivity contribution >= 4 is 11.9 Å². The Morgan fingerprint density at radius 2 is 2.33 bits per heavy atom. The fourth-order valence-electron chi connectivity index (χ4n) is 2.29. The van der Waals surface area contributed by atoms with Crippen molar-refractivity contribution in [1.29, 1.82) is 0 Å². The smallest absolute Gasteiger partial charge is 0.270 e. The van der Waals surface area contributed by atoms with Crippen LogP contribution in [0, 0.1) is 0 Å². The molecule has 0 saturated carbocycles. The summed E-state index contributed by atoms with van der Waals surface area (Å²) in [5.74, 6) is 0.285. The van der Waals surface area contributed by atoms with Crippen LogP contribution in [-0.2, 0) is 0 Å². The number of amides is 1. The summed E-state index contributed by atoms with van der Waals surface area (Å²) in [6, 6.07) is 1.60. The second-order valence-electron chi connectivity index (χ2n) is 5.05. The molecule has 21 heavy (non-hydrogen) atoms. The predicted octanol–water partition coefficient (Wildman–Crippen LogP) is 2.69. The highest BCUT2D eigenvalue weighted by Gasteiger charge is 2.08. The number of rotatable bonds is 7. The quantitative estimate of drug-likeness (QED) is 0.756. The lowest BCUT2D eigenvalue weighted by atomic mass is 9.97. The third-order valence-electron chi connectivity index (χ3n) is 3.41. The van der Waals surface area contributed by atoms with E-state index in [4.69, 9.17) is 0 Å². The summed E-state index contributed by atoms with van der Waals surface area (Å²) in [5, 5.41) is 5.88. The first kappa shape index (κ1) is 15.2. The molecule has 0 radical (unpaired) electrons. The molecule has 0 fully saturated rings. The van der Waals surface area contributed by atoms with Gasteiger partial charge in [-0.05, 0) is 38.2 Å². The van der Waals surface area contributed by atoms with Crippen LogP contribution >= 0.6 is 0 Å². The number of allylic oxidation sites excluding steroid dienone is 1. The van der Waals surface area contributed by atoms with Crippen molar-refractivity contribution in [3.8, 4) is 0 Å². The highest BCUT2D eigenvalue weighted by Crippen LogP contribution is 2.19. The van der Waals surface area contributed by atoms with Crippen molar-refractivity contribution in [2.75, 3.05) is 18.4 Å². The van der Waals surface area contributed by atoms with Crippen molar-refractivity contribution in [2.45, 2.75) is 32.1 Å². The van der Waals surface area contributed by atoms with Crippen molar-refractivity contribution in [3.05, 3.63) is 42.3 Å². The van der Waals surface area contributed by atoms with E-state index < -0.39 is 0 Å². The largest absolute Gasteiger partial charge is 0.354 e. The number of nitrogens with zero attached hydrogens (tertiary/aromatic N) is 2. The zero-order chi connectivity index (χ0) is 14.9. The molecule has 0 saturated heterocycles. The van der Waals surface area contributed by atoms with Gasteiger partial charge in [-0.15, -0.1) is 6.58 Å². The monoisotopic (exact) mass is 286 g/mol. The summed E-state index contributed by atoms with van der Waals surface area (Å²) in [6.45, 7) is 4.79. The summed E-state index contributed by atoms with van der Waals surface area (Å²) in [5.41, 5.74) is 1.87. The highest BCUT2D eigenvalue weighted by atomic mass is 16.1. The van der Waals surface area contributed by atoms with Crippen molar-refractivity contribution in [1.82, 2.24) is 15.3 Å². The van der Waals surface area contributed by atoms with Gasteiger partial charge in [0.1, 0.15) is 5.69 Å². The molecule has 1 aromatic heterocycles. The minimum Gasteiger partial charge on any atom is -0.354 e. The van der Waals surface area contributed by atoms with E-state index in [-0.39, 0.29) is 5.91 Å². The summed E-state index contributed by atoms with van der Waals surface area (Å²) in [6.07, 6.45) is 11.6. The lowest BCUT2D eigenvalue weighted by Gasteiger charge is -2.13. The number of anilines is 1. The van der Waals surface area contributed by atoms with Gasteiger partial charge < -0.3 is 10.6 Å². The average molecular weight is 286 g/mol. The Labute approximate surface area is 125 Å².